The molecule has 5 heteroatoms. The van der Waals surface area contributed by atoms with Crippen LogP contribution in [0.25, 0.3) is 16.8 Å². The summed E-state index contributed by atoms with van der Waals surface area (Å²) in [5, 5.41) is 7.17. The smallest absolute Gasteiger partial charge is 0.283 e. The van der Waals surface area contributed by atoms with Crippen molar-refractivity contribution in [2.24, 2.45) is 5.10 Å². The number of carbonyl (C=O) groups is 2. The van der Waals surface area contributed by atoms with Gasteiger partial charge < -0.3 is 4.74 Å². The molecule has 0 radical (unpaired) electrons. The van der Waals surface area contributed by atoms with Crippen LogP contribution in [0.5, 0.6) is 5.75 Å². The Hall–Kier alpha value is -3.73. The predicted molar refractivity (Wildman–Crippen MR) is 114 cm³/mol. The Labute approximate surface area is 168 Å². The standard InChI is InChI=1S/C24H20N2O3/c1-3-29-22-14-13-17-9-7-8-12-19(17)21(22)15-20-16(2)25-26(24(20)28)23(27)18-10-5-4-6-11-18/h4-15H,3H2,1-2H3/b20-15+. The summed E-state index contributed by atoms with van der Waals surface area (Å²) in [5.41, 5.74) is 2.09. The Bertz CT molecular complexity index is 1160. The highest BCUT2D eigenvalue weighted by molar-refractivity contribution is 6.31. The highest BCUT2D eigenvalue weighted by atomic mass is 16.5. The summed E-state index contributed by atoms with van der Waals surface area (Å²) in [6, 6.07) is 20.5. The van der Waals surface area contributed by atoms with Crippen molar-refractivity contribution in [3.8, 4) is 5.75 Å². The minimum Gasteiger partial charge on any atom is -0.493 e. The topological polar surface area (TPSA) is 59.0 Å². The molecule has 0 fully saturated rings. The van der Waals surface area contributed by atoms with Gasteiger partial charge >= 0.3 is 0 Å². The molecule has 3 aromatic carbocycles. The molecule has 144 valence electrons. The monoisotopic (exact) mass is 384 g/mol. The predicted octanol–water partition coefficient (Wildman–Crippen LogP) is 4.68. The van der Waals surface area contributed by atoms with Crippen LogP contribution in [0.3, 0.4) is 0 Å². The third kappa shape index (κ3) is 3.43. The van der Waals surface area contributed by atoms with Crippen LogP contribution < -0.4 is 4.74 Å². The SMILES string of the molecule is CCOc1ccc2ccccc2c1/C=C1/C(=O)N(C(=O)c2ccccc2)N=C1C. The number of hydrogen-bond acceptors (Lipinski definition) is 4. The first-order valence-electron chi connectivity index (χ1n) is 9.46. The zero-order valence-corrected chi connectivity index (χ0v) is 16.3. The average Bonchev–Trinajstić information content (AvgIpc) is 3.03. The average molecular weight is 384 g/mol. The Morgan fingerprint density at radius 3 is 2.52 bits per heavy atom. The maximum atomic E-state index is 13.0. The second-order valence-corrected chi connectivity index (χ2v) is 6.66. The number of amides is 2. The van der Waals surface area contributed by atoms with E-state index in [1.807, 2.05) is 49.4 Å². The molecule has 0 saturated heterocycles. The Kier molecular flexibility index (Phi) is 4.96. The Balaban J connectivity index is 1.78. The van der Waals surface area contributed by atoms with E-state index in [1.54, 1.807) is 37.3 Å². The number of ether oxygens (including phenoxy) is 1. The molecule has 0 unspecified atom stereocenters. The fourth-order valence-corrected chi connectivity index (χ4v) is 3.38. The zero-order valence-electron chi connectivity index (χ0n) is 16.3. The summed E-state index contributed by atoms with van der Waals surface area (Å²) in [6.45, 7) is 4.15. The first-order valence-corrected chi connectivity index (χ1v) is 9.46. The van der Waals surface area contributed by atoms with Crippen molar-refractivity contribution in [2.75, 3.05) is 6.61 Å². The summed E-state index contributed by atoms with van der Waals surface area (Å²) in [6.07, 6.45) is 1.77. The molecule has 0 saturated carbocycles. The van der Waals surface area contributed by atoms with Gasteiger partial charge in [-0.1, -0.05) is 48.5 Å². The molecule has 1 aliphatic rings. The number of benzene rings is 3. The number of hydrogen-bond donors (Lipinski definition) is 0. The van der Waals surface area contributed by atoms with Crippen LogP contribution in [0.2, 0.25) is 0 Å². The maximum absolute atomic E-state index is 13.0. The van der Waals surface area contributed by atoms with E-state index >= 15 is 0 Å². The molecular formula is C24H20N2O3. The third-order valence-electron chi connectivity index (χ3n) is 4.79. The first kappa shape index (κ1) is 18.6. The zero-order chi connectivity index (χ0) is 20.4. The molecule has 0 bridgehead atoms. The van der Waals surface area contributed by atoms with Gasteiger partial charge in [-0.3, -0.25) is 9.59 Å². The van der Waals surface area contributed by atoms with Gasteiger partial charge in [-0.05, 0) is 48.9 Å². The summed E-state index contributed by atoms with van der Waals surface area (Å²) in [5.74, 6) is -0.194. The van der Waals surface area contributed by atoms with Crippen LogP contribution in [-0.2, 0) is 4.79 Å². The van der Waals surface area contributed by atoms with E-state index in [9.17, 15) is 9.59 Å². The molecule has 0 atom stereocenters. The maximum Gasteiger partial charge on any atom is 0.283 e. The lowest BCUT2D eigenvalue weighted by Crippen LogP contribution is -2.29. The van der Waals surface area contributed by atoms with Crippen molar-refractivity contribution in [1.29, 1.82) is 0 Å². The quantitative estimate of drug-likeness (QED) is 0.485. The van der Waals surface area contributed by atoms with Crippen LogP contribution in [0.4, 0.5) is 0 Å². The Morgan fingerprint density at radius 1 is 1.03 bits per heavy atom. The van der Waals surface area contributed by atoms with Gasteiger partial charge in [0.1, 0.15) is 5.75 Å². The normalized spacial score (nSPS) is 15.1. The van der Waals surface area contributed by atoms with Gasteiger partial charge in [0.15, 0.2) is 0 Å². The van der Waals surface area contributed by atoms with E-state index in [-0.39, 0.29) is 0 Å². The van der Waals surface area contributed by atoms with Gasteiger partial charge in [0, 0.05) is 11.1 Å². The molecule has 3 aromatic rings. The van der Waals surface area contributed by atoms with E-state index in [4.69, 9.17) is 4.74 Å². The molecule has 0 aromatic heterocycles. The van der Waals surface area contributed by atoms with Crippen molar-refractivity contribution in [2.45, 2.75) is 13.8 Å². The van der Waals surface area contributed by atoms with Gasteiger partial charge in [-0.15, -0.1) is 0 Å². The van der Waals surface area contributed by atoms with Crippen LogP contribution in [0.1, 0.15) is 29.8 Å². The van der Waals surface area contributed by atoms with Crippen molar-refractivity contribution in [3.05, 3.63) is 83.4 Å². The van der Waals surface area contributed by atoms with Crippen molar-refractivity contribution < 1.29 is 14.3 Å². The summed E-state index contributed by atoms with van der Waals surface area (Å²) >= 11 is 0. The highest BCUT2D eigenvalue weighted by Gasteiger charge is 2.33. The molecule has 2 amide bonds. The molecule has 1 heterocycles. The van der Waals surface area contributed by atoms with Gasteiger partial charge in [0.05, 0.1) is 17.9 Å². The van der Waals surface area contributed by atoms with E-state index in [1.165, 1.54) is 0 Å². The molecule has 0 N–H and O–H groups in total. The number of rotatable bonds is 4. The van der Waals surface area contributed by atoms with Crippen molar-refractivity contribution >= 4 is 34.4 Å². The first-order chi connectivity index (χ1) is 14.1. The summed E-state index contributed by atoms with van der Waals surface area (Å²) < 4.78 is 5.79. The minimum atomic E-state index is -0.443. The largest absolute Gasteiger partial charge is 0.493 e. The van der Waals surface area contributed by atoms with Crippen LogP contribution in [0, 0.1) is 0 Å². The van der Waals surface area contributed by atoms with Gasteiger partial charge in [0.25, 0.3) is 11.8 Å². The number of nitrogens with zero attached hydrogens (tertiary/aromatic N) is 2. The fourth-order valence-electron chi connectivity index (χ4n) is 3.38. The van der Waals surface area contributed by atoms with E-state index < -0.39 is 11.8 Å². The molecular weight excluding hydrogens is 364 g/mol. The fraction of sp³-hybridized carbons (Fsp3) is 0.125. The Morgan fingerprint density at radius 2 is 1.76 bits per heavy atom. The lowest BCUT2D eigenvalue weighted by molar-refractivity contribution is -0.123. The summed E-state index contributed by atoms with van der Waals surface area (Å²) in [4.78, 5) is 25.8. The molecule has 29 heavy (non-hydrogen) atoms. The molecule has 0 aliphatic carbocycles. The third-order valence-corrected chi connectivity index (χ3v) is 4.79. The number of hydrazone groups is 1. The van der Waals surface area contributed by atoms with E-state index in [0.29, 0.717) is 29.2 Å². The van der Waals surface area contributed by atoms with Gasteiger partial charge in [-0.2, -0.15) is 10.1 Å². The highest BCUT2D eigenvalue weighted by Crippen LogP contribution is 2.32. The lowest BCUT2D eigenvalue weighted by Gasteiger charge is -2.12. The van der Waals surface area contributed by atoms with Crippen molar-refractivity contribution in [1.82, 2.24) is 5.01 Å². The van der Waals surface area contributed by atoms with Crippen LogP contribution in [-0.4, -0.2) is 29.1 Å². The summed E-state index contributed by atoms with van der Waals surface area (Å²) in [7, 11) is 0. The second kappa shape index (κ2) is 7.72. The number of carbonyl (C=O) groups excluding carboxylic acids is 2. The lowest BCUT2D eigenvalue weighted by atomic mass is 9.99. The molecule has 4 rings (SSSR count). The van der Waals surface area contributed by atoms with Crippen LogP contribution in [0.15, 0.2) is 77.4 Å². The van der Waals surface area contributed by atoms with E-state index in [0.717, 1.165) is 21.3 Å². The molecule has 5 nitrogen and oxygen atoms in total. The van der Waals surface area contributed by atoms with Gasteiger partial charge in [0.2, 0.25) is 0 Å². The molecule has 0 spiro atoms. The van der Waals surface area contributed by atoms with E-state index in [2.05, 4.69) is 5.10 Å². The molecule has 1 aliphatic heterocycles. The van der Waals surface area contributed by atoms with Crippen molar-refractivity contribution in [3.63, 3.8) is 0 Å². The van der Waals surface area contributed by atoms with Crippen LogP contribution >= 0.6 is 0 Å². The number of imide groups is 1. The second-order valence-electron chi connectivity index (χ2n) is 6.66. The minimum absolute atomic E-state index is 0.381. The number of fused-ring (bicyclic) bond motifs is 1. The van der Waals surface area contributed by atoms with Gasteiger partial charge in [-0.25, -0.2) is 0 Å².